The first-order valence-electron chi connectivity index (χ1n) is 4.12. The lowest BCUT2D eigenvalue weighted by Gasteiger charge is -2.08. The van der Waals surface area contributed by atoms with Crippen molar-refractivity contribution in [3.63, 3.8) is 0 Å². The maximum absolute atomic E-state index is 5.00. The van der Waals surface area contributed by atoms with Crippen LogP contribution in [-0.2, 0) is 0 Å². The van der Waals surface area contributed by atoms with E-state index >= 15 is 0 Å². The van der Waals surface area contributed by atoms with Crippen LogP contribution in [0, 0.1) is 0 Å². The quantitative estimate of drug-likeness (QED) is 0.735. The van der Waals surface area contributed by atoms with Crippen LogP contribution >= 0.6 is 11.5 Å². The molecular weight excluding hydrogens is 184 g/mol. The zero-order valence-electron chi connectivity index (χ0n) is 7.91. The first kappa shape index (κ1) is 10.2. The molecule has 0 bridgehead atoms. The van der Waals surface area contributed by atoms with E-state index < -0.39 is 0 Å². The second kappa shape index (κ2) is 4.99. The van der Waals surface area contributed by atoms with E-state index in [-0.39, 0.29) is 0 Å². The maximum Gasteiger partial charge on any atom is 0.225 e. The molecule has 1 atom stereocenters. The molecule has 0 aliphatic rings. The molecule has 3 nitrogen and oxygen atoms in total. The van der Waals surface area contributed by atoms with Crippen molar-refractivity contribution in [1.29, 1.82) is 0 Å². The van der Waals surface area contributed by atoms with Crippen LogP contribution in [0.5, 0.6) is 5.88 Å². The molecule has 1 rings (SSSR count). The van der Waals surface area contributed by atoms with E-state index in [4.69, 9.17) is 4.74 Å². The third-order valence-corrected chi connectivity index (χ3v) is 2.66. The monoisotopic (exact) mass is 198 g/mol. The Balaban J connectivity index is 2.54. The average molecular weight is 198 g/mol. The molecule has 0 fully saturated rings. The van der Waals surface area contributed by atoms with Gasteiger partial charge in [-0.3, -0.25) is 0 Å². The SMILES string of the molecule is C=CCNC(C)c1cc(OC)ns1. The van der Waals surface area contributed by atoms with Crippen molar-refractivity contribution in [2.75, 3.05) is 13.7 Å². The van der Waals surface area contributed by atoms with Crippen LogP contribution in [0.4, 0.5) is 0 Å². The van der Waals surface area contributed by atoms with Crippen molar-refractivity contribution in [2.24, 2.45) is 0 Å². The van der Waals surface area contributed by atoms with Crippen LogP contribution in [0.2, 0.25) is 0 Å². The minimum atomic E-state index is 0.305. The van der Waals surface area contributed by atoms with Crippen LogP contribution in [0.25, 0.3) is 0 Å². The lowest BCUT2D eigenvalue weighted by Crippen LogP contribution is -2.17. The molecule has 1 aromatic heterocycles. The fourth-order valence-electron chi connectivity index (χ4n) is 0.933. The third-order valence-electron chi connectivity index (χ3n) is 1.71. The van der Waals surface area contributed by atoms with Crippen molar-refractivity contribution >= 4 is 11.5 Å². The van der Waals surface area contributed by atoms with Gasteiger partial charge in [-0.2, -0.15) is 4.37 Å². The summed E-state index contributed by atoms with van der Waals surface area (Å²) < 4.78 is 9.12. The van der Waals surface area contributed by atoms with Gasteiger partial charge in [-0.25, -0.2) is 0 Å². The summed E-state index contributed by atoms with van der Waals surface area (Å²) in [7, 11) is 1.63. The normalized spacial score (nSPS) is 12.5. The number of hydrogen-bond donors (Lipinski definition) is 1. The van der Waals surface area contributed by atoms with Crippen LogP contribution in [0.3, 0.4) is 0 Å². The van der Waals surface area contributed by atoms with Crippen molar-refractivity contribution in [3.8, 4) is 5.88 Å². The van der Waals surface area contributed by atoms with Crippen LogP contribution in [0.15, 0.2) is 18.7 Å². The van der Waals surface area contributed by atoms with Crippen LogP contribution < -0.4 is 10.1 Å². The molecule has 13 heavy (non-hydrogen) atoms. The highest BCUT2D eigenvalue weighted by Crippen LogP contribution is 2.22. The van der Waals surface area contributed by atoms with Crippen LogP contribution in [-0.4, -0.2) is 18.0 Å². The van der Waals surface area contributed by atoms with Crippen molar-refractivity contribution in [2.45, 2.75) is 13.0 Å². The molecule has 1 unspecified atom stereocenters. The number of nitrogens with zero attached hydrogens (tertiary/aromatic N) is 1. The Kier molecular flexibility index (Phi) is 3.92. The second-order valence-electron chi connectivity index (χ2n) is 2.69. The van der Waals surface area contributed by atoms with E-state index in [1.165, 1.54) is 16.4 Å². The Labute approximate surface area is 82.6 Å². The Bertz CT molecular complexity index is 272. The smallest absolute Gasteiger partial charge is 0.225 e. The van der Waals surface area contributed by atoms with E-state index in [2.05, 4.69) is 23.2 Å². The van der Waals surface area contributed by atoms with Gasteiger partial charge in [-0.15, -0.1) is 6.58 Å². The van der Waals surface area contributed by atoms with Crippen molar-refractivity contribution in [1.82, 2.24) is 9.69 Å². The van der Waals surface area contributed by atoms with Crippen molar-refractivity contribution < 1.29 is 4.74 Å². The first-order chi connectivity index (χ1) is 6.27. The zero-order chi connectivity index (χ0) is 9.68. The summed E-state index contributed by atoms with van der Waals surface area (Å²) in [5.74, 6) is 0.687. The Morgan fingerprint density at radius 2 is 2.62 bits per heavy atom. The highest BCUT2D eigenvalue weighted by molar-refractivity contribution is 7.06. The van der Waals surface area contributed by atoms with Gasteiger partial charge in [0.2, 0.25) is 5.88 Å². The summed E-state index contributed by atoms with van der Waals surface area (Å²) in [5, 5.41) is 3.28. The molecular formula is C9H14N2OS. The van der Waals surface area contributed by atoms with Gasteiger partial charge in [0.15, 0.2) is 0 Å². The minimum absolute atomic E-state index is 0.305. The molecule has 0 spiro atoms. The molecule has 1 heterocycles. The van der Waals surface area contributed by atoms with Gasteiger partial charge >= 0.3 is 0 Å². The molecule has 0 aromatic carbocycles. The lowest BCUT2D eigenvalue weighted by atomic mass is 10.3. The molecule has 0 amide bonds. The molecule has 0 radical (unpaired) electrons. The fraction of sp³-hybridized carbons (Fsp3) is 0.444. The number of hydrogen-bond acceptors (Lipinski definition) is 4. The number of methoxy groups -OCH3 is 1. The van der Waals surface area contributed by atoms with Gasteiger partial charge in [0.05, 0.1) is 7.11 Å². The van der Waals surface area contributed by atoms with E-state index in [1.807, 2.05) is 12.1 Å². The summed E-state index contributed by atoms with van der Waals surface area (Å²) in [6.45, 7) is 6.55. The molecule has 0 saturated heterocycles. The van der Waals surface area contributed by atoms with E-state index in [9.17, 15) is 0 Å². The van der Waals surface area contributed by atoms with E-state index in [0.29, 0.717) is 11.9 Å². The number of ether oxygens (including phenoxy) is 1. The minimum Gasteiger partial charge on any atom is -0.480 e. The molecule has 1 aromatic rings. The molecule has 0 saturated carbocycles. The Hall–Kier alpha value is -0.870. The summed E-state index contributed by atoms with van der Waals surface area (Å²) in [6.07, 6.45) is 1.84. The third kappa shape index (κ3) is 2.82. The first-order valence-corrected chi connectivity index (χ1v) is 4.90. The number of aromatic nitrogens is 1. The lowest BCUT2D eigenvalue weighted by molar-refractivity contribution is 0.402. The predicted octanol–water partition coefficient (Wildman–Crippen LogP) is 1.99. The Morgan fingerprint density at radius 1 is 1.85 bits per heavy atom. The maximum atomic E-state index is 5.00. The largest absolute Gasteiger partial charge is 0.480 e. The molecule has 0 aliphatic heterocycles. The summed E-state index contributed by atoms with van der Waals surface area (Å²) in [6, 6.07) is 2.25. The molecule has 72 valence electrons. The van der Waals surface area contributed by atoms with Gasteiger partial charge in [0, 0.05) is 23.5 Å². The van der Waals surface area contributed by atoms with Gasteiger partial charge in [0.25, 0.3) is 0 Å². The van der Waals surface area contributed by atoms with Gasteiger partial charge in [0.1, 0.15) is 0 Å². The summed E-state index contributed by atoms with van der Waals surface area (Å²) in [5.41, 5.74) is 0. The van der Waals surface area contributed by atoms with Gasteiger partial charge in [-0.1, -0.05) is 6.08 Å². The number of rotatable bonds is 5. The standard InChI is InChI=1S/C9H14N2OS/c1-4-5-10-7(2)8-6-9(12-3)11-13-8/h4,6-7,10H,1,5H2,2-3H3. The predicted molar refractivity (Wildman–Crippen MR) is 55.3 cm³/mol. The average Bonchev–Trinajstić information content (AvgIpc) is 2.62. The Morgan fingerprint density at radius 3 is 3.15 bits per heavy atom. The highest BCUT2D eigenvalue weighted by Gasteiger charge is 2.08. The van der Waals surface area contributed by atoms with E-state index in [1.54, 1.807) is 7.11 Å². The molecule has 0 aliphatic carbocycles. The molecule has 1 N–H and O–H groups in total. The van der Waals surface area contributed by atoms with E-state index in [0.717, 1.165) is 6.54 Å². The van der Waals surface area contributed by atoms with Crippen LogP contribution in [0.1, 0.15) is 17.8 Å². The fourth-order valence-corrected chi connectivity index (χ4v) is 1.65. The second-order valence-corrected chi connectivity index (χ2v) is 3.53. The summed E-state index contributed by atoms with van der Waals surface area (Å²) in [4.78, 5) is 1.18. The molecule has 4 heteroatoms. The zero-order valence-corrected chi connectivity index (χ0v) is 8.73. The highest BCUT2D eigenvalue weighted by atomic mass is 32.1. The van der Waals surface area contributed by atoms with Gasteiger partial charge in [-0.05, 0) is 18.5 Å². The topological polar surface area (TPSA) is 34.1 Å². The van der Waals surface area contributed by atoms with Gasteiger partial charge < -0.3 is 10.1 Å². The number of nitrogens with one attached hydrogen (secondary N) is 1. The van der Waals surface area contributed by atoms with Crippen molar-refractivity contribution in [3.05, 3.63) is 23.6 Å². The summed E-state index contributed by atoms with van der Waals surface area (Å²) >= 11 is 1.46.